The summed E-state index contributed by atoms with van der Waals surface area (Å²) in [7, 11) is 0. The third kappa shape index (κ3) is 3.29. The molecule has 0 aliphatic rings. The van der Waals surface area contributed by atoms with Gasteiger partial charge in [0.05, 0.1) is 12.7 Å². The molecular formula is C12H17FO2. The van der Waals surface area contributed by atoms with Gasteiger partial charge >= 0.3 is 0 Å². The largest absolute Gasteiger partial charge is 0.393 e. The van der Waals surface area contributed by atoms with Gasteiger partial charge in [0, 0.05) is 0 Å². The molecule has 15 heavy (non-hydrogen) atoms. The topological polar surface area (TPSA) is 29.5 Å². The molecule has 0 spiro atoms. The number of aliphatic hydroxyl groups is 1. The maximum atomic E-state index is 13.0. The van der Waals surface area contributed by atoms with E-state index in [1.54, 1.807) is 6.07 Å². The minimum atomic E-state index is -0.444. The highest BCUT2D eigenvalue weighted by Gasteiger charge is 2.15. The van der Waals surface area contributed by atoms with Crippen LogP contribution >= 0.6 is 0 Å². The number of benzene rings is 1. The molecule has 0 bridgehead atoms. The highest BCUT2D eigenvalue weighted by molar-refractivity contribution is 5.28. The fourth-order valence-corrected chi connectivity index (χ4v) is 1.50. The van der Waals surface area contributed by atoms with E-state index < -0.39 is 6.10 Å². The lowest BCUT2D eigenvalue weighted by Crippen LogP contribution is -2.15. The first kappa shape index (κ1) is 12.1. The minimum absolute atomic E-state index is 0.00446. The van der Waals surface area contributed by atoms with Crippen LogP contribution in [0.5, 0.6) is 0 Å². The van der Waals surface area contributed by atoms with Crippen LogP contribution in [0.15, 0.2) is 18.2 Å². The van der Waals surface area contributed by atoms with E-state index in [-0.39, 0.29) is 18.5 Å². The van der Waals surface area contributed by atoms with Crippen molar-refractivity contribution in [3.05, 3.63) is 35.1 Å². The van der Waals surface area contributed by atoms with Gasteiger partial charge in [0.1, 0.15) is 11.9 Å². The standard InChI is InChI=1S/C12H17FO2/c1-8(2)15-12(7-14)11-6-10(13)5-4-9(11)3/h4-6,8,12,14H,7H2,1-3H3/t12-/m0/s1. The summed E-state index contributed by atoms with van der Waals surface area (Å²) in [4.78, 5) is 0. The predicted molar refractivity (Wildman–Crippen MR) is 57.2 cm³/mol. The van der Waals surface area contributed by atoms with Crippen LogP contribution in [0.2, 0.25) is 0 Å². The van der Waals surface area contributed by atoms with Crippen LogP contribution in [0.1, 0.15) is 31.1 Å². The van der Waals surface area contributed by atoms with Gasteiger partial charge in [-0.2, -0.15) is 0 Å². The fourth-order valence-electron chi connectivity index (χ4n) is 1.50. The predicted octanol–water partition coefficient (Wildman–Crippen LogP) is 2.59. The van der Waals surface area contributed by atoms with Crippen molar-refractivity contribution < 1.29 is 14.2 Å². The molecule has 0 fully saturated rings. The highest BCUT2D eigenvalue weighted by Crippen LogP contribution is 2.23. The van der Waals surface area contributed by atoms with Gasteiger partial charge in [-0.25, -0.2) is 4.39 Å². The van der Waals surface area contributed by atoms with E-state index >= 15 is 0 Å². The number of hydrogen-bond donors (Lipinski definition) is 1. The monoisotopic (exact) mass is 212 g/mol. The maximum absolute atomic E-state index is 13.0. The Kier molecular flexibility index (Phi) is 4.24. The Morgan fingerprint density at radius 1 is 1.40 bits per heavy atom. The Morgan fingerprint density at radius 2 is 2.07 bits per heavy atom. The quantitative estimate of drug-likeness (QED) is 0.831. The molecule has 0 saturated carbocycles. The van der Waals surface area contributed by atoms with Gasteiger partial charge < -0.3 is 9.84 Å². The molecular weight excluding hydrogens is 195 g/mol. The van der Waals surface area contributed by atoms with E-state index in [2.05, 4.69) is 0 Å². The Balaban J connectivity index is 2.95. The Labute approximate surface area is 89.7 Å². The molecule has 0 amide bonds. The van der Waals surface area contributed by atoms with Crippen molar-refractivity contribution in [1.29, 1.82) is 0 Å². The van der Waals surface area contributed by atoms with E-state index in [4.69, 9.17) is 4.74 Å². The molecule has 0 aromatic heterocycles. The Morgan fingerprint density at radius 3 is 2.60 bits per heavy atom. The first-order valence-electron chi connectivity index (χ1n) is 5.07. The number of halogens is 1. The molecule has 1 aromatic rings. The minimum Gasteiger partial charge on any atom is -0.393 e. The van der Waals surface area contributed by atoms with Crippen LogP contribution in [0, 0.1) is 12.7 Å². The van der Waals surface area contributed by atoms with Crippen LogP contribution < -0.4 is 0 Å². The molecule has 2 nitrogen and oxygen atoms in total. The summed E-state index contributed by atoms with van der Waals surface area (Å²) in [6.07, 6.45) is -0.439. The second kappa shape index (κ2) is 5.24. The van der Waals surface area contributed by atoms with Crippen LogP contribution in [-0.4, -0.2) is 17.8 Å². The molecule has 0 aliphatic carbocycles. The van der Waals surface area contributed by atoms with Crippen molar-refractivity contribution in [1.82, 2.24) is 0 Å². The van der Waals surface area contributed by atoms with Gasteiger partial charge in [-0.1, -0.05) is 6.07 Å². The second-order valence-electron chi connectivity index (χ2n) is 3.86. The van der Waals surface area contributed by atoms with E-state index in [9.17, 15) is 9.50 Å². The molecule has 3 heteroatoms. The first-order chi connectivity index (χ1) is 7.04. The lowest BCUT2D eigenvalue weighted by molar-refractivity contribution is -0.0252. The maximum Gasteiger partial charge on any atom is 0.123 e. The number of aliphatic hydroxyl groups excluding tert-OH is 1. The van der Waals surface area contributed by atoms with Crippen LogP contribution in [-0.2, 0) is 4.74 Å². The summed E-state index contributed by atoms with van der Waals surface area (Å²) in [6.45, 7) is 5.51. The van der Waals surface area contributed by atoms with Crippen molar-refractivity contribution in [2.75, 3.05) is 6.61 Å². The summed E-state index contributed by atoms with van der Waals surface area (Å²) in [5.41, 5.74) is 1.64. The van der Waals surface area contributed by atoms with Gasteiger partial charge in [0.15, 0.2) is 0 Å². The average Bonchev–Trinajstić information content (AvgIpc) is 2.18. The summed E-state index contributed by atoms with van der Waals surface area (Å²) in [5.74, 6) is -0.304. The fraction of sp³-hybridized carbons (Fsp3) is 0.500. The van der Waals surface area contributed by atoms with Crippen LogP contribution in [0.4, 0.5) is 4.39 Å². The van der Waals surface area contributed by atoms with Crippen molar-refractivity contribution in [3.63, 3.8) is 0 Å². The van der Waals surface area contributed by atoms with E-state index in [0.29, 0.717) is 5.56 Å². The third-order valence-corrected chi connectivity index (χ3v) is 2.19. The molecule has 84 valence electrons. The zero-order valence-electron chi connectivity index (χ0n) is 9.33. The van der Waals surface area contributed by atoms with Gasteiger partial charge in [-0.3, -0.25) is 0 Å². The highest BCUT2D eigenvalue weighted by atomic mass is 19.1. The summed E-state index contributed by atoms with van der Waals surface area (Å²) >= 11 is 0. The van der Waals surface area contributed by atoms with Crippen molar-refractivity contribution in [2.24, 2.45) is 0 Å². The SMILES string of the molecule is Cc1ccc(F)cc1[C@H](CO)OC(C)C. The summed E-state index contributed by atoms with van der Waals surface area (Å²) in [6, 6.07) is 4.51. The van der Waals surface area contributed by atoms with E-state index in [1.807, 2.05) is 20.8 Å². The smallest absolute Gasteiger partial charge is 0.123 e. The molecule has 0 unspecified atom stereocenters. The molecule has 0 aliphatic heterocycles. The normalized spacial score (nSPS) is 13.2. The second-order valence-corrected chi connectivity index (χ2v) is 3.86. The molecule has 0 saturated heterocycles. The zero-order valence-corrected chi connectivity index (χ0v) is 9.33. The van der Waals surface area contributed by atoms with Crippen molar-refractivity contribution in [3.8, 4) is 0 Å². The Hall–Kier alpha value is -0.930. The number of ether oxygens (including phenoxy) is 1. The average molecular weight is 212 g/mol. The zero-order chi connectivity index (χ0) is 11.4. The molecule has 1 atom stereocenters. The van der Waals surface area contributed by atoms with Crippen LogP contribution in [0.3, 0.4) is 0 Å². The lowest BCUT2D eigenvalue weighted by atomic mass is 10.0. The molecule has 0 heterocycles. The summed E-state index contributed by atoms with van der Waals surface area (Å²) in [5, 5.41) is 9.20. The van der Waals surface area contributed by atoms with Gasteiger partial charge in [-0.15, -0.1) is 0 Å². The van der Waals surface area contributed by atoms with Crippen LogP contribution in [0.25, 0.3) is 0 Å². The van der Waals surface area contributed by atoms with E-state index in [1.165, 1.54) is 12.1 Å². The van der Waals surface area contributed by atoms with Crippen molar-refractivity contribution >= 4 is 0 Å². The van der Waals surface area contributed by atoms with Crippen molar-refractivity contribution in [2.45, 2.75) is 33.0 Å². The molecule has 1 N–H and O–H groups in total. The molecule has 1 rings (SSSR count). The Bertz CT molecular complexity index is 323. The number of rotatable bonds is 4. The third-order valence-electron chi connectivity index (χ3n) is 2.19. The van der Waals surface area contributed by atoms with E-state index in [0.717, 1.165) is 5.56 Å². The molecule has 0 radical (unpaired) electrons. The lowest BCUT2D eigenvalue weighted by Gasteiger charge is -2.20. The van der Waals surface area contributed by atoms with Gasteiger partial charge in [0.25, 0.3) is 0 Å². The first-order valence-corrected chi connectivity index (χ1v) is 5.07. The van der Waals surface area contributed by atoms with Gasteiger partial charge in [0.2, 0.25) is 0 Å². The number of hydrogen-bond acceptors (Lipinski definition) is 2. The molecule has 1 aromatic carbocycles. The van der Waals surface area contributed by atoms with Gasteiger partial charge in [-0.05, 0) is 44.0 Å². The number of aryl methyl sites for hydroxylation is 1. The summed E-state index contributed by atoms with van der Waals surface area (Å²) < 4.78 is 18.5.